The molecule has 4 heteroatoms. The van der Waals surface area contributed by atoms with Gasteiger partial charge in [0.15, 0.2) is 0 Å². The number of hydrogen-bond donors (Lipinski definition) is 0. The van der Waals surface area contributed by atoms with E-state index in [-0.39, 0.29) is 0 Å². The average molecular weight is 387 g/mol. The van der Waals surface area contributed by atoms with Crippen LogP contribution in [0.3, 0.4) is 0 Å². The molecule has 2 unspecified atom stereocenters. The molecule has 0 N–H and O–H groups in total. The first-order valence-electron chi connectivity index (χ1n) is 10.3. The number of aryl methyl sites for hydroxylation is 1. The summed E-state index contributed by atoms with van der Waals surface area (Å²) >= 11 is 4.32. The molecule has 0 spiro atoms. The number of fused-ring (bicyclic) bond motifs is 3. The van der Waals surface area contributed by atoms with Crippen LogP contribution in [0.1, 0.15) is 74.7 Å². The van der Waals surface area contributed by atoms with Crippen molar-refractivity contribution in [1.29, 1.82) is 0 Å². The van der Waals surface area contributed by atoms with Crippen molar-refractivity contribution in [2.75, 3.05) is 0 Å². The minimum Gasteiger partial charge on any atom is -0.248 e. The molecule has 0 radical (unpaired) electrons. The van der Waals surface area contributed by atoms with Gasteiger partial charge in [-0.05, 0) is 37.5 Å². The molecular formula is C22H30N2S2. The van der Waals surface area contributed by atoms with E-state index < -0.39 is 0 Å². The quantitative estimate of drug-likeness (QED) is 0.504. The van der Waals surface area contributed by atoms with Gasteiger partial charge in [-0.2, -0.15) is 23.5 Å². The predicted octanol–water partition coefficient (Wildman–Crippen LogP) is 6.68. The standard InChI is InChI=1S/C22H30N2S2/c1-16-11-12-17-18(13-16)24-20-15-26-22-10-8-6-4-2-3-5-7-9-21(22)25-14-19(20)23-17/h11-13,21-22H,2-10,14-15H2,1H3. The molecule has 2 atom stereocenters. The Morgan fingerprint density at radius 1 is 0.731 bits per heavy atom. The first-order chi connectivity index (χ1) is 12.8. The smallest absolute Gasteiger partial charge is 0.0893 e. The van der Waals surface area contributed by atoms with Crippen LogP contribution in [-0.2, 0) is 11.5 Å². The first-order valence-corrected chi connectivity index (χ1v) is 12.4. The summed E-state index contributed by atoms with van der Waals surface area (Å²) in [5.74, 6) is 2.07. The van der Waals surface area contributed by atoms with Gasteiger partial charge in [0.1, 0.15) is 0 Å². The van der Waals surface area contributed by atoms with Gasteiger partial charge in [0, 0.05) is 22.0 Å². The monoisotopic (exact) mass is 386 g/mol. The van der Waals surface area contributed by atoms with E-state index in [4.69, 9.17) is 9.97 Å². The van der Waals surface area contributed by atoms with E-state index in [0.29, 0.717) is 0 Å². The van der Waals surface area contributed by atoms with Crippen LogP contribution in [0.15, 0.2) is 18.2 Å². The summed E-state index contributed by atoms with van der Waals surface area (Å²) in [5.41, 5.74) is 5.84. The van der Waals surface area contributed by atoms with Crippen LogP contribution in [0.5, 0.6) is 0 Å². The van der Waals surface area contributed by atoms with Crippen molar-refractivity contribution in [3.8, 4) is 0 Å². The summed E-state index contributed by atoms with van der Waals surface area (Å²) in [4.78, 5) is 10.00. The van der Waals surface area contributed by atoms with Gasteiger partial charge in [-0.1, -0.05) is 51.0 Å². The number of nitrogens with zero attached hydrogens (tertiary/aromatic N) is 2. The van der Waals surface area contributed by atoms with Crippen molar-refractivity contribution in [2.45, 2.75) is 86.7 Å². The van der Waals surface area contributed by atoms with Crippen LogP contribution in [0, 0.1) is 6.92 Å². The number of aromatic nitrogens is 2. The van der Waals surface area contributed by atoms with Crippen LogP contribution >= 0.6 is 23.5 Å². The van der Waals surface area contributed by atoms with Crippen molar-refractivity contribution < 1.29 is 0 Å². The predicted molar refractivity (Wildman–Crippen MR) is 116 cm³/mol. The Morgan fingerprint density at radius 2 is 1.27 bits per heavy atom. The maximum absolute atomic E-state index is 5.01. The second-order valence-corrected chi connectivity index (χ2v) is 10.3. The maximum Gasteiger partial charge on any atom is 0.0893 e. The third kappa shape index (κ3) is 4.56. The molecule has 1 saturated carbocycles. The lowest BCUT2D eigenvalue weighted by atomic mass is 10.1. The van der Waals surface area contributed by atoms with E-state index in [9.17, 15) is 0 Å². The van der Waals surface area contributed by atoms with Gasteiger partial charge in [0.2, 0.25) is 0 Å². The molecule has 0 saturated heterocycles. The Bertz CT molecular complexity index is 746. The fourth-order valence-corrected chi connectivity index (χ4v) is 7.21. The van der Waals surface area contributed by atoms with Crippen LogP contribution in [-0.4, -0.2) is 20.5 Å². The van der Waals surface area contributed by atoms with Gasteiger partial charge >= 0.3 is 0 Å². The van der Waals surface area contributed by atoms with E-state index >= 15 is 0 Å². The third-order valence-corrected chi connectivity index (χ3v) is 8.77. The fraction of sp³-hybridized carbons (Fsp3) is 0.636. The van der Waals surface area contributed by atoms with E-state index in [0.717, 1.165) is 33.0 Å². The Kier molecular flexibility index (Phi) is 6.42. The van der Waals surface area contributed by atoms with Crippen molar-refractivity contribution in [3.63, 3.8) is 0 Å². The topological polar surface area (TPSA) is 25.8 Å². The highest BCUT2D eigenvalue weighted by molar-refractivity contribution is 8.03. The Morgan fingerprint density at radius 3 is 1.88 bits per heavy atom. The molecule has 2 nitrogen and oxygen atoms in total. The van der Waals surface area contributed by atoms with Crippen molar-refractivity contribution >= 4 is 34.6 Å². The van der Waals surface area contributed by atoms with Crippen LogP contribution in [0.4, 0.5) is 0 Å². The number of thioether (sulfide) groups is 2. The van der Waals surface area contributed by atoms with E-state index in [1.807, 2.05) is 0 Å². The molecule has 4 rings (SSSR count). The van der Waals surface area contributed by atoms with Crippen molar-refractivity contribution in [2.24, 2.45) is 0 Å². The number of rotatable bonds is 0. The minimum absolute atomic E-state index is 0.793. The van der Waals surface area contributed by atoms with Crippen LogP contribution in [0.2, 0.25) is 0 Å². The molecule has 1 fully saturated rings. The lowest BCUT2D eigenvalue weighted by molar-refractivity contribution is 0.585. The van der Waals surface area contributed by atoms with Crippen molar-refractivity contribution in [3.05, 3.63) is 35.2 Å². The third-order valence-electron chi connectivity index (χ3n) is 5.74. The first kappa shape index (κ1) is 18.6. The van der Waals surface area contributed by atoms with Crippen LogP contribution in [0.25, 0.3) is 11.0 Å². The minimum atomic E-state index is 0.793. The lowest BCUT2D eigenvalue weighted by Crippen LogP contribution is -2.23. The highest BCUT2D eigenvalue weighted by Crippen LogP contribution is 2.39. The summed E-state index contributed by atoms with van der Waals surface area (Å²) in [6.07, 6.45) is 12.8. The SMILES string of the molecule is Cc1ccc2nc3c(nc2c1)CSC1CCCCCCCCCC1SC3. The molecule has 2 aliphatic rings. The van der Waals surface area contributed by atoms with Gasteiger partial charge in [-0.15, -0.1) is 0 Å². The summed E-state index contributed by atoms with van der Waals surface area (Å²) in [6.45, 7) is 2.13. The van der Waals surface area contributed by atoms with Gasteiger partial charge in [0.25, 0.3) is 0 Å². The second kappa shape index (κ2) is 8.97. The van der Waals surface area contributed by atoms with Gasteiger partial charge in [-0.25, -0.2) is 9.97 Å². The Labute approximate surface area is 166 Å². The Balaban J connectivity index is 1.56. The normalized spacial score (nSPS) is 25.4. The molecule has 1 aromatic carbocycles. The summed E-state index contributed by atoms with van der Waals surface area (Å²) < 4.78 is 0. The zero-order chi connectivity index (χ0) is 17.8. The van der Waals surface area contributed by atoms with Gasteiger partial charge < -0.3 is 0 Å². The van der Waals surface area contributed by atoms with Crippen molar-refractivity contribution in [1.82, 2.24) is 9.97 Å². The average Bonchev–Trinajstić information content (AvgIpc) is 2.68. The summed E-state index contributed by atoms with van der Waals surface area (Å²) in [7, 11) is 0. The molecule has 2 aromatic rings. The molecule has 0 amide bonds. The maximum atomic E-state index is 5.01. The van der Waals surface area contributed by atoms with E-state index in [2.05, 4.69) is 48.6 Å². The second-order valence-electron chi connectivity index (χ2n) is 7.86. The molecular weight excluding hydrogens is 356 g/mol. The molecule has 1 aromatic heterocycles. The Hall–Kier alpha value is -0.740. The van der Waals surface area contributed by atoms with E-state index in [1.54, 1.807) is 0 Å². The highest BCUT2D eigenvalue weighted by atomic mass is 32.2. The highest BCUT2D eigenvalue weighted by Gasteiger charge is 2.26. The molecule has 2 heterocycles. The zero-order valence-electron chi connectivity index (χ0n) is 15.9. The molecule has 140 valence electrons. The number of hydrogen-bond acceptors (Lipinski definition) is 4. The molecule has 1 aliphatic heterocycles. The molecule has 26 heavy (non-hydrogen) atoms. The largest absolute Gasteiger partial charge is 0.248 e. The molecule has 0 bridgehead atoms. The van der Waals surface area contributed by atoms with Gasteiger partial charge in [0.05, 0.1) is 22.4 Å². The molecule has 1 aliphatic carbocycles. The lowest BCUT2D eigenvalue weighted by Gasteiger charge is -2.29. The fourth-order valence-electron chi connectivity index (χ4n) is 4.17. The number of benzene rings is 1. The zero-order valence-corrected chi connectivity index (χ0v) is 17.5. The van der Waals surface area contributed by atoms with Gasteiger partial charge in [-0.3, -0.25) is 0 Å². The summed E-state index contributed by atoms with van der Waals surface area (Å²) in [5, 5.41) is 1.59. The summed E-state index contributed by atoms with van der Waals surface area (Å²) in [6, 6.07) is 6.45. The van der Waals surface area contributed by atoms with Crippen LogP contribution < -0.4 is 0 Å². The van der Waals surface area contributed by atoms with E-state index in [1.165, 1.54) is 74.7 Å².